The van der Waals surface area contributed by atoms with E-state index >= 15 is 0 Å². The van der Waals surface area contributed by atoms with Crippen LogP contribution < -0.4 is 5.73 Å². The molecule has 0 spiro atoms. The van der Waals surface area contributed by atoms with E-state index in [2.05, 4.69) is 27.3 Å². The number of hydrogen-bond acceptors (Lipinski definition) is 5. The van der Waals surface area contributed by atoms with Crippen molar-refractivity contribution in [3.63, 3.8) is 0 Å². The molecule has 0 bridgehead atoms. The van der Waals surface area contributed by atoms with Crippen LogP contribution in [0.3, 0.4) is 0 Å². The number of benzene rings is 1. The SMILES string of the molecule is NCc1ccc(-c2nc(CCc3ccccc3)no2)nc1. The van der Waals surface area contributed by atoms with Gasteiger partial charge in [-0.2, -0.15) is 4.98 Å². The number of nitrogens with zero attached hydrogens (tertiary/aromatic N) is 3. The van der Waals surface area contributed by atoms with Gasteiger partial charge in [-0.05, 0) is 23.6 Å². The number of rotatable bonds is 5. The summed E-state index contributed by atoms with van der Waals surface area (Å²) in [7, 11) is 0. The molecule has 5 heteroatoms. The molecule has 0 aliphatic carbocycles. The Morgan fingerprint density at radius 3 is 2.52 bits per heavy atom. The van der Waals surface area contributed by atoms with Gasteiger partial charge in [0.25, 0.3) is 5.89 Å². The van der Waals surface area contributed by atoms with Crippen molar-refractivity contribution in [1.29, 1.82) is 0 Å². The third kappa shape index (κ3) is 3.32. The van der Waals surface area contributed by atoms with Crippen LogP contribution in [0.25, 0.3) is 11.6 Å². The molecule has 0 saturated heterocycles. The number of pyridine rings is 1. The molecule has 0 unspecified atom stereocenters. The predicted octanol–water partition coefficient (Wildman–Crippen LogP) is 2.38. The Morgan fingerprint density at radius 2 is 1.81 bits per heavy atom. The summed E-state index contributed by atoms with van der Waals surface area (Å²) in [6.07, 6.45) is 3.36. The van der Waals surface area contributed by atoms with Gasteiger partial charge < -0.3 is 10.3 Å². The minimum absolute atomic E-state index is 0.446. The quantitative estimate of drug-likeness (QED) is 0.776. The van der Waals surface area contributed by atoms with E-state index in [1.54, 1.807) is 6.20 Å². The lowest BCUT2D eigenvalue weighted by Crippen LogP contribution is -1.97. The smallest absolute Gasteiger partial charge is 0.276 e. The molecule has 2 N–H and O–H groups in total. The topological polar surface area (TPSA) is 77.8 Å². The summed E-state index contributed by atoms with van der Waals surface area (Å²) in [6.45, 7) is 0.472. The van der Waals surface area contributed by atoms with Gasteiger partial charge >= 0.3 is 0 Å². The number of aryl methyl sites for hydroxylation is 2. The van der Waals surface area contributed by atoms with Crippen LogP contribution in [-0.4, -0.2) is 15.1 Å². The van der Waals surface area contributed by atoms with Crippen LogP contribution in [0.5, 0.6) is 0 Å². The Morgan fingerprint density at radius 1 is 0.952 bits per heavy atom. The first-order valence-electron chi connectivity index (χ1n) is 6.87. The molecule has 0 fully saturated rings. The van der Waals surface area contributed by atoms with Crippen molar-refractivity contribution in [2.24, 2.45) is 5.73 Å². The molecular formula is C16H16N4O. The van der Waals surface area contributed by atoms with E-state index in [0.717, 1.165) is 18.4 Å². The summed E-state index contributed by atoms with van der Waals surface area (Å²) in [4.78, 5) is 8.65. The van der Waals surface area contributed by atoms with Gasteiger partial charge in [0.15, 0.2) is 5.82 Å². The molecule has 0 amide bonds. The van der Waals surface area contributed by atoms with E-state index < -0.39 is 0 Å². The normalized spacial score (nSPS) is 10.7. The summed E-state index contributed by atoms with van der Waals surface area (Å²) >= 11 is 0. The molecule has 0 aliphatic heterocycles. The first-order chi connectivity index (χ1) is 10.3. The molecule has 3 aromatic rings. The molecule has 0 atom stereocenters. The maximum absolute atomic E-state index is 5.55. The highest BCUT2D eigenvalue weighted by Crippen LogP contribution is 2.15. The van der Waals surface area contributed by atoms with Gasteiger partial charge in [0.2, 0.25) is 0 Å². The zero-order valence-corrected chi connectivity index (χ0v) is 11.6. The van der Waals surface area contributed by atoms with Crippen molar-refractivity contribution in [3.05, 3.63) is 65.6 Å². The van der Waals surface area contributed by atoms with Gasteiger partial charge in [-0.3, -0.25) is 4.98 Å². The van der Waals surface area contributed by atoms with Crippen molar-refractivity contribution < 1.29 is 4.52 Å². The average molecular weight is 280 g/mol. The summed E-state index contributed by atoms with van der Waals surface area (Å²) in [6, 6.07) is 14.0. The van der Waals surface area contributed by atoms with Crippen LogP contribution in [0.15, 0.2) is 53.2 Å². The Labute approximate surface area is 122 Å². The maximum Gasteiger partial charge on any atom is 0.276 e. The number of aromatic nitrogens is 3. The van der Waals surface area contributed by atoms with Gasteiger partial charge in [-0.1, -0.05) is 41.6 Å². The van der Waals surface area contributed by atoms with Crippen LogP contribution in [0, 0.1) is 0 Å². The second-order valence-corrected chi connectivity index (χ2v) is 4.76. The lowest BCUT2D eigenvalue weighted by Gasteiger charge is -1.97. The molecule has 106 valence electrons. The van der Waals surface area contributed by atoms with Crippen molar-refractivity contribution in [1.82, 2.24) is 15.1 Å². The van der Waals surface area contributed by atoms with Gasteiger partial charge in [-0.25, -0.2) is 0 Å². The molecule has 2 heterocycles. The predicted molar refractivity (Wildman–Crippen MR) is 79.3 cm³/mol. The minimum atomic E-state index is 0.446. The molecule has 0 aliphatic rings. The molecule has 3 rings (SSSR count). The van der Waals surface area contributed by atoms with Crippen LogP contribution in [0.4, 0.5) is 0 Å². The fourth-order valence-corrected chi connectivity index (χ4v) is 2.03. The zero-order valence-electron chi connectivity index (χ0n) is 11.6. The molecule has 21 heavy (non-hydrogen) atoms. The lowest BCUT2D eigenvalue weighted by molar-refractivity contribution is 0.421. The Bertz CT molecular complexity index is 692. The highest BCUT2D eigenvalue weighted by Gasteiger charge is 2.10. The highest BCUT2D eigenvalue weighted by molar-refractivity contribution is 5.46. The Hall–Kier alpha value is -2.53. The highest BCUT2D eigenvalue weighted by atomic mass is 16.5. The van der Waals surface area contributed by atoms with E-state index in [4.69, 9.17) is 10.3 Å². The van der Waals surface area contributed by atoms with Gasteiger partial charge in [0.1, 0.15) is 5.69 Å². The van der Waals surface area contributed by atoms with E-state index in [-0.39, 0.29) is 0 Å². The van der Waals surface area contributed by atoms with Crippen LogP contribution in [0.1, 0.15) is 17.0 Å². The minimum Gasteiger partial charge on any atom is -0.332 e. The maximum atomic E-state index is 5.55. The van der Waals surface area contributed by atoms with E-state index in [0.29, 0.717) is 24.0 Å². The van der Waals surface area contributed by atoms with Gasteiger partial charge in [-0.15, -0.1) is 0 Å². The fraction of sp³-hybridized carbons (Fsp3) is 0.188. The summed E-state index contributed by atoms with van der Waals surface area (Å²) < 4.78 is 5.26. The van der Waals surface area contributed by atoms with E-state index in [1.807, 2.05) is 30.3 Å². The summed E-state index contributed by atoms with van der Waals surface area (Å²) in [5, 5.41) is 4.00. The molecular weight excluding hydrogens is 264 g/mol. The molecule has 5 nitrogen and oxygen atoms in total. The first kappa shape index (κ1) is 13.5. The van der Waals surface area contributed by atoms with Crippen molar-refractivity contribution >= 4 is 0 Å². The van der Waals surface area contributed by atoms with Gasteiger partial charge in [0, 0.05) is 19.2 Å². The monoisotopic (exact) mass is 280 g/mol. The second kappa shape index (κ2) is 6.28. The standard InChI is InChI=1S/C16H16N4O/c17-10-13-6-8-14(18-11-13)16-19-15(20-21-16)9-7-12-4-2-1-3-5-12/h1-6,8,11H,7,9-10,17H2. The average Bonchev–Trinajstić information content (AvgIpc) is 3.03. The molecule has 1 aromatic carbocycles. The lowest BCUT2D eigenvalue weighted by atomic mass is 10.1. The van der Waals surface area contributed by atoms with Crippen LogP contribution >= 0.6 is 0 Å². The number of hydrogen-bond donors (Lipinski definition) is 1. The Kier molecular flexibility index (Phi) is 4.02. The number of nitrogens with two attached hydrogens (primary N) is 1. The second-order valence-electron chi connectivity index (χ2n) is 4.76. The van der Waals surface area contributed by atoms with Crippen LogP contribution in [-0.2, 0) is 19.4 Å². The van der Waals surface area contributed by atoms with Crippen molar-refractivity contribution in [2.75, 3.05) is 0 Å². The van der Waals surface area contributed by atoms with E-state index in [1.165, 1.54) is 5.56 Å². The largest absolute Gasteiger partial charge is 0.332 e. The fourth-order valence-electron chi connectivity index (χ4n) is 2.03. The Balaban J connectivity index is 1.68. The van der Waals surface area contributed by atoms with Crippen molar-refractivity contribution in [3.8, 4) is 11.6 Å². The summed E-state index contributed by atoms with van der Waals surface area (Å²) in [5.74, 6) is 1.14. The van der Waals surface area contributed by atoms with E-state index in [9.17, 15) is 0 Å². The van der Waals surface area contributed by atoms with Crippen LogP contribution in [0.2, 0.25) is 0 Å². The first-order valence-corrected chi connectivity index (χ1v) is 6.87. The zero-order chi connectivity index (χ0) is 14.5. The molecule has 0 radical (unpaired) electrons. The third-order valence-corrected chi connectivity index (χ3v) is 3.23. The molecule has 2 aromatic heterocycles. The third-order valence-electron chi connectivity index (χ3n) is 3.23. The van der Waals surface area contributed by atoms with Crippen molar-refractivity contribution in [2.45, 2.75) is 19.4 Å². The molecule has 0 saturated carbocycles. The van der Waals surface area contributed by atoms with Gasteiger partial charge in [0.05, 0.1) is 0 Å². The summed E-state index contributed by atoms with van der Waals surface area (Å²) in [5.41, 5.74) is 8.45.